The summed E-state index contributed by atoms with van der Waals surface area (Å²) in [5.74, 6) is -1.98. The molecule has 1 unspecified atom stereocenters. The van der Waals surface area contributed by atoms with Gasteiger partial charge in [0.25, 0.3) is 6.43 Å². The first-order chi connectivity index (χ1) is 7.86. The van der Waals surface area contributed by atoms with E-state index in [1.54, 1.807) is 0 Å². The summed E-state index contributed by atoms with van der Waals surface area (Å²) in [6, 6.07) is 3.39. The maximum absolute atomic E-state index is 12.7. The highest BCUT2D eigenvalue weighted by Gasteiger charge is 2.27. The van der Waals surface area contributed by atoms with Crippen LogP contribution in [0, 0.1) is 0 Å². The van der Waals surface area contributed by atoms with Crippen LogP contribution in [0.25, 0.3) is 0 Å². The average Bonchev–Trinajstić information content (AvgIpc) is 2.26. The molecule has 0 aliphatic rings. The number of Topliss-reactive ketones (excluding diaryl/α,β-unsaturated/α-hetero) is 1. The average molecular weight is 263 g/mol. The molecule has 92 valence electrons. The molecule has 0 saturated heterocycles. The molecule has 0 aliphatic heterocycles. The lowest BCUT2D eigenvalue weighted by Gasteiger charge is -2.14. The maximum atomic E-state index is 12.7. The standard InChI is InChI=1S/C11H9ClF2O3/c1-5(15)9(12)8-6(10(13)14)3-2-4-7(8)11(16)17/h2-4,9-10H,1H3,(H,16,17). The molecular weight excluding hydrogens is 254 g/mol. The third-order valence-corrected chi connectivity index (χ3v) is 2.74. The van der Waals surface area contributed by atoms with Gasteiger partial charge in [-0.1, -0.05) is 12.1 Å². The lowest BCUT2D eigenvalue weighted by Crippen LogP contribution is -2.12. The summed E-state index contributed by atoms with van der Waals surface area (Å²) in [5, 5.41) is 7.50. The zero-order valence-electron chi connectivity index (χ0n) is 8.78. The first-order valence-corrected chi connectivity index (χ1v) is 5.08. The van der Waals surface area contributed by atoms with Crippen LogP contribution in [0.4, 0.5) is 8.78 Å². The van der Waals surface area contributed by atoms with Crippen molar-refractivity contribution in [1.82, 2.24) is 0 Å². The van der Waals surface area contributed by atoms with Crippen LogP contribution in [0.3, 0.4) is 0 Å². The largest absolute Gasteiger partial charge is 0.478 e. The van der Waals surface area contributed by atoms with Gasteiger partial charge in [0.05, 0.1) is 5.56 Å². The monoisotopic (exact) mass is 262 g/mol. The molecule has 3 nitrogen and oxygen atoms in total. The molecule has 0 aliphatic carbocycles. The maximum Gasteiger partial charge on any atom is 0.336 e. The van der Waals surface area contributed by atoms with E-state index in [2.05, 4.69) is 0 Å². The summed E-state index contributed by atoms with van der Waals surface area (Å²) in [5.41, 5.74) is -1.23. The van der Waals surface area contributed by atoms with E-state index >= 15 is 0 Å². The van der Waals surface area contributed by atoms with Crippen molar-refractivity contribution in [1.29, 1.82) is 0 Å². The zero-order chi connectivity index (χ0) is 13.2. The van der Waals surface area contributed by atoms with Crippen molar-refractivity contribution >= 4 is 23.4 Å². The Kier molecular flexibility index (Phi) is 4.17. The summed E-state index contributed by atoms with van der Waals surface area (Å²) in [4.78, 5) is 22.0. The first-order valence-electron chi connectivity index (χ1n) is 4.65. The molecule has 1 atom stereocenters. The SMILES string of the molecule is CC(=O)C(Cl)c1c(C(=O)O)cccc1C(F)F. The minimum atomic E-state index is -2.88. The predicted octanol–water partition coefficient (Wildman–Crippen LogP) is 3.19. The van der Waals surface area contributed by atoms with Gasteiger partial charge in [-0.25, -0.2) is 13.6 Å². The van der Waals surface area contributed by atoms with Gasteiger partial charge in [-0.15, -0.1) is 11.6 Å². The third kappa shape index (κ3) is 2.79. The minimum Gasteiger partial charge on any atom is -0.478 e. The van der Waals surface area contributed by atoms with Gasteiger partial charge in [-0.2, -0.15) is 0 Å². The fourth-order valence-corrected chi connectivity index (χ4v) is 1.69. The van der Waals surface area contributed by atoms with Gasteiger partial charge in [0.2, 0.25) is 0 Å². The van der Waals surface area contributed by atoms with Crippen LogP contribution in [0.2, 0.25) is 0 Å². The highest BCUT2D eigenvalue weighted by atomic mass is 35.5. The van der Waals surface area contributed by atoms with Crippen molar-refractivity contribution in [3.63, 3.8) is 0 Å². The molecule has 0 heterocycles. The summed E-state index contributed by atoms with van der Waals surface area (Å²) >= 11 is 5.69. The normalized spacial score (nSPS) is 12.5. The molecule has 1 aromatic rings. The highest BCUT2D eigenvalue weighted by Crippen LogP contribution is 2.34. The molecule has 0 radical (unpaired) electrons. The van der Waals surface area contributed by atoms with Gasteiger partial charge in [0.15, 0.2) is 5.78 Å². The number of hydrogen-bond acceptors (Lipinski definition) is 2. The number of carbonyl (C=O) groups is 2. The Morgan fingerprint density at radius 3 is 2.35 bits per heavy atom. The molecule has 1 N–H and O–H groups in total. The number of benzene rings is 1. The minimum absolute atomic E-state index is 0.329. The van der Waals surface area contributed by atoms with E-state index in [0.717, 1.165) is 19.1 Å². The molecule has 0 fully saturated rings. The van der Waals surface area contributed by atoms with E-state index in [1.807, 2.05) is 0 Å². The second-order valence-electron chi connectivity index (χ2n) is 3.39. The van der Waals surface area contributed by atoms with Crippen molar-refractivity contribution in [2.45, 2.75) is 18.7 Å². The molecule has 0 aromatic heterocycles. The van der Waals surface area contributed by atoms with Crippen LogP contribution in [0.15, 0.2) is 18.2 Å². The van der Waals surface area contributed by atoms with Gasteiger partial charge < -0.3 is 5.11 Å². The van der Waals surface area contributed by atoms with E-state index in [-0.39, 0.29) is 11.1 Å². The zero-order valence-corrected chi connectivity index (χ0v) is 9.54. The highest BCUT2D eigenvalue weighted by molar-refractivity contribution is 6.31. The molecule has 17 heavy (non-hydrogen) atoms. The van der Waals surface area contributed by atoms with E-state index in [0.29, 0.717) is 0 Å². The van der Waals surface area contributed by atoms with Crippen LogP contribution in [0.1, 0.15) is 40.2 Å². The Morgan fingerprint density at radius 1 is 1.35 bits per heavy atom. The van der Waals surface area contributed by atoms with Crippen molar-refractivity contribution < 1.29 is 23.5 Å². The number of halogens is 3. The van der Waals surface area contributed by atoms with Crippen LogP contribution in [-0.4, -0.2) is 16.9 Å². The molecule has 0 saturated carbocycles. The van der Waals surface area contributed by atoms with Crippen molar-refractivity contribution in [2.24, 2.45) is 0 Å². The van der Waals surface area contributed by atoms with E-state index in [9.17, 15) is 18.4 Å². The van der Waals surface area contributed by atoms with Gasteiger partial charge in [-0.05, 0) is 13.0 Å². The summed E-state index contributed by atoms with van der Waals surface area (Å²) in [7, 11) is 0. The number of alkyl halides is 3. The second kappa shape index (κ2) is 5.23. The molecule has 1 rings (SSSR count). The molecule has 0 spiro atoms. The van der Waals surface area contributed by atoms with E-state index < -0.39 is 29.1 Å². The number of rotatable bonds is 4. The van der Waals surface area contributed by atoms with Gasteiger partial charge in [-0.3, -0.25) is 4.79 Å². The smallest absolute Gasteiger partial charge is 0.336 e. The van der Waals surface area contributed by atoms with Crippen LogP contribution in [0.5, 0.6) is 0 Å². The van der Waals surface area contributed by atoms with Crippen LogP contribution in [-0.2, 0) is 4.79 Å². The lowest BCUT2D eigenvalue weighted by molar-refractivity contribution is -0.116. The first kappa shape index (κ1) is 13.6. The molecule has 0 bridgehead atoms. The Morgan fingerprint density at radius 2 is 1.94 bits per heavy atom. The topological polar surface area (TPSA) is 54.4 Å². The fraction of sp³-hybridized carbons (Fsp3) is 0.273. The van der Waals surface area contributed by atoms with E-state index in [1.165, 1.54) is 6.07 Å². The number of carbonyl (C=O) groups excluding carboxylic acids is 1. The molecule has 1 aromatic carbocycles. The van der Waals surface area contributed by atoms with Gasteiger partial charge >= 0.3 is 5.97 Å². The summed E-state index contributed by atoms with van der Waals surface area (Å²) < 4.78 is 25.5. The van der Waals surface area contributed by atoms with Gasteiger partial charge in [0, 0.05) is 11.1 Å². The molecular formula is C11H9ClF2O3. The van der Waals surface area contributed by atoms with Gasteiger partial charge in [0.1, 0.15) is 5.38 Å². The number of hydrogen-bond donors (Lipinski definition) is 1. The third-order valence-electron chi connectivity index (χ3n) is 2.22. The Balaban J connectivity index is 3.49. The second-order valence-corrected chi connectivity index (χ2v) is 3.82. The van der Waals surface area contributed by atoms with Crippen LogP contribution >= 0.6 is 11.6 Å². The number of ketones is 1. The predicted molar refractivity (Wildman–Crippen MR) is 57.6 cm³/mol. The number of carboxylic acid groups (broad SMARTS) is 1. The van der Waals surface area contributed by atoms with Crippen molar-refractivity contribution in [3.05, 3.63) is 34.9 Å². The Labute approximate surface area is 101 Å². The number of carboxylic acids is 1. The van der Waals surface area contributed by atoms with Crippen molar-refractivity contribution in [3.8, 4) is 0 Å². The van der Waals surface area contributed by atoms with Crippen LogP contribution < -0.4 is 0 Å². The van der Waals surface area contributed by atoms with Crippen molar-refractivity contribution in [2.75, 3.05) is 0 Å². The Bertz CT molecular complexity index is 460. The Hall–Kier alpha value is -1.49. The molecule has 0 amide bonds. The summed E-state index contributed by atoms with van der Waals surface area (Å²) in [6.07, 6.45) is -2.88. The lowest BCUT2D eigenvalue weighted by atomic mass is 9.96. The summed E-state index contributed by atoms with van der Waals surface area (Å²) in [6.45, 7) is 1.12. The van der Waals surface area contributed by atoms with E-state index in [4.69, 9.17) is 16.7 Å². The number of aromatic carboxylic acids is 1. The quantitative estimate of drug-likeness (QED) is 0.848. The fourth-order valence-electron chi connectivity index (χ4n) is 1.45. The molecule has 6 heteroatoms.